The minimum atomic E-state index is -3.47. The first-order valence-electron chi connectivity index (χ1n) is 10.7. The average Bonchev–Trinajstić information content (AvgIpc) is 2.81. The van der Waals surface area contributed by atoms with Gasteiger partial charge in [0.05, 0.1) is 4.90 Å². The van der Waals surface area contributed by atoms with Crippen LogP contribution in [-0.2, 0) is 10.0 Å². The minimum Gasteiger partial charge on any atom is -0.361 e. The lowest BCUT2D eigenvalue weighted by Crippen LogP contribution is -2.32. The molecule has 0 bridgehead atoms. The van der Waals surface area contributed by atoms with Gasteiger partial charge in [-0.15, -0.1) is 0 Å². The third kappa shape index (κ3) is 5.94. The van der Waals surface area contributed by atoms with Crippen molar-refractivity contribution in [2.45, 2.75) is 24.7 Å². The van der Waals surface area contributed by atoms with Gasteiger partial charge in [0, 0.05) is 31.2 Å². The summed E-state index contributed by atoms with van der Waals surface area (Å²) in [5.74, 6) is 0.152. The first-order chi connectivity index (χ1) is 15.5. The van der Waals surface area contributed by atoms with E-state index in [2.05, 4.69) is 34.9 Å². The van der Waals surface area contributed by atoms with Crippen molar-refractivity contribution >= 4 is 33.0 Å². The van der Waals surface area contributed by atoms with Gasteiger partial charge in [-0.05, 0) is 47.6 Å². The molecule has 3 aromatic carbocycles. The Hall–Kier alpha value is -2.74. The number of rotatable bonds is 9. The van der Waals surface area contributed by atoms with Gasteiger partial charge in [-0.25, -0.2) is 8.42 Å². The van der Waals surface area contributed by atoms with Crippen LogP contribution in [0.15, 0.2) is 89.8 Å². The van der Waals surface area contributed by atoms with E-state index in [4.69, 9.17) is 12.2 Å². The number of thiocarbonyl (C=S) groups is 1. The van der Waals surface area contributed by atoms with E-state index in [1.807, 2.05) is 50.2 Å². The van der Waals surface area contributed by atoms with E-state index in [-0.39, 0.29) is 10.8 Å². The molecule has 5 nitrogen and oxygen atoms in total. The highest BCUT2D eigenvalue weighted by atomic mass is 32.2. The molecule has 0 unspecified atom stereocenters. The van der Waals surface area contributed by atoms with E-state index < -0.39 is 10.0 Å². The van der Waals surface area contributed by atoms with E-state index in [1.165, 1.54) is 15.4 Å². The van der Waals surface area contributed by atoms with Crippen LogP contribution in [0, 0.1) is 0 Å². The van der Waals surface area contributed by atoms with Gasteiger partial charge in [-0.3, -0.25) is 0 Å². The van der Waals surface area contributed by atoms with Crippen LogP contribution in [0.2, 0.25) is 0 Å². The number of hydrogen-bond acceptors (Lipinski definition) is 3. The zero-order valence-electron chi connectivity index (χ0n) is 18.4. The maximum Gasteiger partial charge on any atom is 0.243 e. The fraction of sp³-hybridized carbons (Fsp3) is 0.240. The Bertz CT molecular complexity index is 1060. The third-order valence-corrected chi connectivity index (χ3v) is 7.64. The smallest absolute Gasteiger partial charge is 0.243 e. The van der Waals surface area contributed by atoms with Gasteiger partial charge in [0.15, 0.2) is 5.11 Å². The summed E-state index contributed by atoms with van der Waals surface area (Å²) in [5, 5.41) is 6.94. The predicted molar refractivity (Wildman–Crippen MR) is 135 cm³/mol. The van der Waals surface area contributed by atoms with E-state index >= 15 is 0 Å². The molecule has 0 aliphatic heterocycles. The number of nitrogens with zero attached hydrogens (tertiary/aromatic N) is 1. The summed E-state index contributed by atoms with van der Waals surface area (Å²) in [7, 11) is -3.47. The van der Waals surface area contributed by atoms with Crippen LogP contribution in [0.3, 0.4) is 0 Å². The van der Waals surface area contributed by atoms with Crippen LogP contribution >= 0.6 is 12.2 Å². The second kappa shape index (κ2) is 11.2. The molecular weight excluding hydrogens is 438 g/mol. The normalized spacial score (nSPS) is 11.5. The van der Waals surface area contributed by atoms with Crippen molar-refractivity contribution < 1.29 is 8.42 Å². The molecule has 0 heterocycles. The zero-order valence-corrected chi connectivity index (χ0v) is 20.0. The van der Waals surface area contributed by atoms with Crippen molar-refractivity contribution in [3.63, 3.8) is 0 Å². The molecule has 0 aliphatic carbocycles. The number of nitrogens with one attached hydrogen (secondary N) is 2. The minimum absolute atomic E-state index is 0.152. The lowest BCUT2D eigenvalue weighted by atomic mass is 9.91. The van der Waals surface area contributed by atoms with Crippen LogP contribution < -0.4 is 10.6 Å². The number of hydrogen-bond donors (Lipinski definition) is 2. The molecule has 0 radical (unpaired) electrons. The average molecular weight is 468 g/mol. The first-order valence-corrected chi connectivity index (χ1v) is 12.6. The summed E-state index contributed by atoms with van der Waals surface area (Å²) in [4.78, 5) is 0.277. The summed E-state index contributed by atoms with van der Waals surface area (Å²) in [5.41, 5.74) is 3.15. The molecule has 32 heavy (non-hydrogen) atoms. The SMILES string of the molecule is CCN(CC)S(=O)(=O)c1ccc(NC(=S)NCC(c2ccccc2)c2ccccc2)cc1. The van der Waals surface area contributed by atoms with Crippen molar-refractivity contribution in [1.82, 2.24) is 9.62 Å². The summed E-state index contributed by atoms with van der Waals surface area (Å²) >= 11 is 5.49. The number of anilines is 1. The highest BCUT2D eigenvalue weighted by molar-refractivity contribution is 7.89. The lowest BCUT2D eigenvalue weighted by Gasteiger charge is -2.20. The molecule has 7 heteroatoms. The molecule has 3 rings (SSSR count). The maximum absolute atomic E-state index is 12.6. The van der Waals surface area contributed by atoms with Crippen molar-refractivity contribution in [2.75, 3.05) is 25.0 Å². The first kappa shape index (κ1) is 23.9. The molecule has 0 aromatic heterocycles. The van der Waals surface area contributed by atoms with Gasteiger partial charge >= 0.3 is 0 Å². The van der Waals surface area contributed by atoms with Gasteiger partial charge in [0.2, 0.25) is 10.0 Å². The molecule has 0 spiro atoms. The van der Waals surface area contributed by atoms with Crippen LogP contribution in [0.4, 0.5) is 5.69 Å². The molecule has 0 saturated heterocycles. The molecule has 0 fully saturated rings. The van der Waals surface area contributed by atoms with Crippen LogP contribution in [0.1, 0.15) is 30.9 Å². The Morgan fingerprint density at radius 2 is 1.34 bits per heavy atom. The van der Waals surface area contributed by atoms with Gasteiger partial charge < -0.3 is 10.6 Å². The van der Waals surface area contributed by atoms with Crippen LogP contribution in [0.5, 0.6) is 0 Å². The molecule has 168 valence electrons. The molecule has 0 amide bonds. The Morgan fingerprint density at radius 1 is 0.844 bits per heavy atom. The van der Waals surface area contributed by atoms with Gasteiger partial charge in [0.25, 0.3) is 0 Å². The largest absolute Gasteiger partial charge is 0.361 e. The molecule has 0 aliphatic rings. The van der Waals surface area contributed by atoms with Crippen molar-refractivity contribution in [2.24, 2.45) is 0 Å². The Balaban J connectivity index is 1.66. The summed E-state index contributed by atoms with van der Waals surface area (Å²) in [6.07, 6.45) is 0. The third-order valence-electron chi connectivity index (χ3n) is 5.33. The van der Waals surface area contributed by atoms with Crippen molar-refractivity contribution in [3.8, 4) is 0 Å². The Labute approximate surface area is 196 Å². The maximum atomic E-state index is 12.6. The molecule has 0 saturated carbocycles. The molecule has 3 aromatic rings. The number of sulfonamides is 1. The van der Waals surface area contributed by atoms with Crippen molar-refractivity contribution in [1.29, 1.82) is 0 Å². The predicted octanol–water partition coefficient (Wildman–Crippen LogP) is 4.84. The monoisotopic (exact) mass is 467 g/mol. The van der Waals surface area contributed by atoms with Gasteiger partial charge in [0.1, 0.15) is 0 Å². The van der Waals surface area contributed by atoms with E-state index in [0.29, 0.717) is 24.7 Å². The standard InChI is InChI=1S/C25H29N3O2S2/c1-3-28(4-2)32(29,30)23-17-15-22(16-18-23)27-25(31)26-19-24(20-11-7-5-8-12-20)21-13-9-6-10-14-21/h5-18,24H,3-4,19H2,1-2H3,(H2,26,27,31). The number of benzene rings is 3. The fourth-order valence-corrected chi connectivity index (χ4v) is 5.25. The lowest BCUT2D eigenvalue weighted by molar-refractivity contribution is 0.445. The van der Waals surface area contributed by atoms with E-state index in [1.54, 1.807) is 24.3 Å². The zero-order chi connectivity index (χ0) is 23.0. The second-order valence-electron chi connectivity index (χ2n) is 7.32. The fourth-order valence-electron chi connectivity index (χ4n) is 3.59. The topological polar surface area (TPSA) is 61.4 Å². The summed E-state index contributed by atoms with van der Waals surface area (Å²) in [6, 6.07) is 27.3. The quantitative estimate of drug-likeness (QED) is 0.441. The van der Waals surface area contributed by atoms with E-state index in [0.717, 1.165) is 5.69 Å². The van der Waals surface area contributed by atoms with Gasteiger partial charge in [-0.2, -0.15) is 4.31 Å². The van der Waals surface area contributed by atoms with E-state index in [9.17, 15) is 8.42 Å². The Kier molecular flexibility index (Phi) is 8.39. The van der Waals surface area contributed by atoms with Crippen molar-refractivity contribution in [3.05, 3.63) is 96.1 Å². The van der Waals surface area contributed by atoms with Crippen LogP contribution in [-0.4, -0.2) is 37.5 Å². The molecule has 0 atom stereocenters. The van der Waals surface area contributed by atoms with Crippen LogP contribution in [0.25, 0.3) is 0 Å². The highest BCUT2D eigenvalue weighted by Crippen LogP contribution is 2.24. The summed E-state index contributed by atoms with van der Waals surface area (Å²) < 4.78 is 26.7. The summed E-state index contributed by atoms with van der Waals surface area (Å²) in [6.45, 7) is 5.18. The van der Waals surface area contributed by atoms with Gasteiger partial charge in [-0.1, -0.05) is 74.5 Å². The second-order valence-corrected chi connectivity index (χ2v) is 9.67. The molecular formula is C25H29N3O2S2. The Morgan fingerprint density at radius 3 is 1.81 bits per heavy atom. The molecule has 2 N–H and O–H groups in total. The highest BCUT2D eigenvalue weighted by Gasteiger charge is 2.21.